The molecule has 0 fully saturated rings. The third-order valence-electron chi connectivity index (χ3n) is 2.38. The van der Waals surface area contributed by atoms with Gasteiger partial charge in [0.25, 0.3) is 0 Å². The van der Waals surface area contributed by atoms with Crippen LogP contribution in [0.25, 0.3) is 10.8 Å². The minimum absolute atomic E-state index is 0.177. The molecule has 0 radical (unpaired) electrons. The van der Waals surface area contributed by atoms with Gasteiger partial charge in [-0.05, 0) is 29.8 Å². The molecule has 0 spiro atoms. The van der Waals surface area contributed by atoms with Crippen LogP contribution in [0.5, 0.6) is 0 Å². The first-order chi connectivity index (χ1) is 7.25. The number of hydrogen-bond donors (Lipinski definition) is 2. The summed E-state index contributed by atoms with van der Waals surface area (Å²) in [5, 5.41) is 5.84. The van der Waals surface area contributed by atoms with Crippen LogP contribution in [-0.4, -0.2) is 12.6 Å². The van der Waals surface area contributed by atoms with Gasteiger partial charge >= 0.3 is 0 Å². The molecule has 0 aliphatic heterocycles. The third kappa shape index (κ3) is 2.48. The van der Waals surface area contributed by atoms with E-state index in [0.717, 1.165) is 12.2 Å². The summed E-state index contributed by atoms with van der Waals surface area (Å²) in [5.74, 6) is 0. The Balaban J connectivity index is 2.23. The topological polar surface area (TPSA) is 38.0 Å². The molecule has 2 aromatic rings. The van der Waals surface area contributed by atoms with Gasteiger partial charge in [0.2, 0.25) is 0 Å². The molecular weight excluding hydrogens is 184 g/mol. The molecule has 0 saturated carbocycles. The smallest absolute Gasteiger partial charge is 0.0347 e. The van der Waals surface area contributed by atoms with Crippen molar-refractivity contribution in [2.45, 2.75) is 13.0 Å². The highest BCUT2D eigenvalue weighted by Crippen LogP contribution is 2.18. The molecule has 0 heterocycles. The van der Waals surface area contributed by atoms with Crippen molar-refractivity contribution in [3.05, 3.63) is 42.5 Å². The van der Waals surface area contributed by atoms with Crippen LogP contribution in [-0.2, 0) is 0 Å². The Morgan fingerprint density at radius 3 is 2.60 bits per heavy atom. The number of rotatable bonds is 3. The Labute approximate surface area is 90.1 Å². The largest absolute Gasteiger partial charge is 0.383 e. The lowest BCUT2D eigenvalue weighted by molar-refractivity contribution is 0.780. The average molecular weight is 200 g/mol. The van der Waals surface area contributed by atoms with Crippen LogP contribution in [0.4, 0.5) is 5.69 Å². The Kier molecular flexibility index (Phi) is 2.88. The van der Waals surface area contributed by atoms with Gasteiger partial charge in [-0.15, -0.1) is 0 Å². The molecule has 1 unspecified atom stereocenters. The van der Waals surface area contributed by atoms with E-state index in [9.17, 15) is 0 Å². The second-order valence-electron chi connectivity index (χ2n) is 3.92. The van der Waals surface area contributed by atoms with Crippen LogP contribution in [0.3, 0.4) is 0 Å². The first kappa shape index (κ1) is 9.99. The van der Waals surface area contributed by atoms with Crippen LogP contribution < -0.4 is 11.1 Å². The second-order valence-corrected chi connectivity index (χ2v) is 3.92. The van der Waals surface area contributed by atoms with Crippen molar-refractivity contribution >= 4 is 16.5 Å². The monoisotopic (exact) mass is 200 g/mol. The maximum Gasteiger partial charge on any atom is 0.0347 e. The molecule has 0 saturated heterocycles. The fourth-order valence-corrected chi connectivity index (χ4v) is 1.58. The molecule has 0 aliphatic carbocycles. The fraction of sp³-hybridized carbons (Fsp3) is 0.231. The lowest BCUT2D eigenvalue weighted by Crippen LogP contribution is -2.25. The summed E-state index contributed by atoms with van der Waals surface area (Å²) in [5.41, 5.74) is 6.82. The average Bonchev–Trinajstić information content (AvgIpc) is 2.26. The van der Waals surface area contributed by atoms with Crippen molar-refractivity contribution in [1.29, 1.82) is 0 Å². The highest BCUT2D eigenvalue weighted by molar-refractivity contribution is 5.85. The predicted molar refractivity (Wildman–Crippen MR) is 66.1 cm³/mol. The van der Waals surface area contributed by atoms with Crippen molar-refractivity contribution in [3.8, 4) is 0 Å². The summed E-state index contributed by atoms with van der Waals surface area (Å²) in [6.07, 6.45) is 0. The maximum atomic E-state index is 5.69. The number of fused-ring (bicyclic) bond motifs is 1. The lowest BCUT2D eigenvalue weighted by atomic mass is 10.1. The zero-order valence-corrected chi connectivity index (χ0v) is 8.90. The summed E-state index contributed by atoms with van der Waals surface area (Å²) in [6, 6.07) is 14.9. The van der Waals surface area contributed by atoms with E-state index in [2.05, 4.69) is 47.8 Å². The molecule has 0 bridgehead atoms. The van der Waals surface area contributed by atoms with Crippen LogP contribution in [0.2, 0.25) is 0 Å². The van der Waals surface area contributed by atoms with Crippen molar-refractivity contribution in [2.75, 3.05) is 11.9 Å². The van der Waals surface area contributed by atoms with E-state index in [-0.39, 0.29) is 6.04 Å². The van der Waals surface area contributed by atoms with E-state index in [0.29, 0.717) is 0 Å². The van der Waals surface area contributed by atoms with Crippen LogP contribution >= 0.6 is 0 Å². The Morgan fingerprint density at radius 2 is 1.87 bits per heavy atom. The molecule has 0 aliphatic rings. The number of hydrogen-bond acceptors (Lipinski definition) is 2. The van der Waals surface area contributed by atoms with Crippen molar-refractivity contribution in [2.24, 2.45) is 5.73 Å². The van der Waals surface area contributed by atoms with Crippen LogP contribution in [0.15, 0.2) is 42.5 Å². The quantitative estimate of drug-likeness (QED) is 0.799. The summed E-state index contributed by atoms with van der Waals surface area (Å²) in [4.78, 5) is 0. The lowest BCUT2D eigenvalue weighted by Gasteiger charge is -2.09. The first-order valence-electron chi connectivity index (χ1n) is 5.24. The van der Waals surface area contributed by atoms with E-state index in [4.69, 9.17) is 5.73 Å². The van der Waals surface area contributed by atoms with E-state index in [1.807, 2.05) is 6.92 Å². The van der Waals surface area contributed by atoms with Gasteiger partial charge in [0.1, 0.15) is 0 Å². The summed E-state index contributed by atoms with van der Waals surface area (Å²) in [7, 11) is 0. The summed E-state index contributed by atoms with van der Waals surface area (Å²) < 4.78 is 0. The molecular formula is C13H16N2. The van der Waals surface area contributed by atoms with E-state index < -0.39 is 0 Å². The number of anilines is 1. The first-order valence-corrected chi connectivity index (χ1v) is 5.24. The molecule has 15 heavy (non-hydrogen) atoms. The second kappa shape index (κ2) is 4.32. The van der Waals surface area contributed by atoms with Crippen molar-refractivity contribution in [1.82, 2.24) is 0 Å². The number of nitrogens with two attached hydrogens (primary N) is 1. The minimum Gasteiger partial charge on any atom is -0.383 e. The highest BCUT2D eigenvalue weighted by atomic mass is 14.9. The Morgan fingerprint density at radius 1 is 1.13 bits per heavy atom. The van der Waals surface area contributed by atoms with Gasteiger partial charge in [0.15, 0.2) is 0 Å². The SMILES string of the molecule is CC(N)CNc1ccc2ccccc2c1. The molecule has 78 valence electrons. The normalized spacial score (nSPS) is 12.7. The van der Waals surface area contributed by atoms with E-state index in [1.165, 1.54) is 10.8 Å². The van der Waals surface area contributed by atoms with Gasteiger partial charge in [0.05, 0.1) is 0 Å². The molecule has 1 atom stereocenters. The zero-order valence-electron chi connectivity index (χ0n) is 8.90. The van der Waals surface area contributed by atoms with Crippen molar-refractivity contribution in [3.63, 3.8) is 0 Å². The minimum atomic E-state index is 0.177. The molecule has 2 aromatic carbocycles. The summed E-state index contributed by atoms with van der Waals surface area (Å²) >= 11 is 0. The standard InChI is InChI=1S/C13H16N2/c1-10(14)9-15-13-7-6-11-4-2-3-5-12(11)8-13/h2-8,10,15H,9,14H2,1H3. The molecule has 2 nitrogen and oxygen atoms in total. The van der Waals surface area contributed by atoms with Gasteiger partial charge in [-0.1, -0.05) is 30.3 Å². The van der Waals surface area contributed by atoms with Gasteiger partial charge in [-0.3, -0.25) is 0 Å². The van der Waals surface area contributed by atoms with E-state index in [1.54, 1.807) is 0 Å². The number of benzene rings is 2. The molecule has 0 aromatic heterocycles. The third-order valence-corrected chi connectivity index (χ3v) is 2.38. The number of nitrogens with one attached hydrogen (secondary N) is 1. The van der Waals surface area contributed by atoms with E-state index >= 15 is 0 Å². The zero-order chi connectivity index (χ0) is 10.7. The predicted octanol–water partition coefficient (Wildman–Crippen LogP) is 2.60. The van der Waals surface area contributed by atoms with Gasteiger partial charge in [-0.25, -0.2) is 0 Å². The van der Waals surface area contributed by atoms with Crippen molar-refractivity contribution < 1.29 is 0 Å². The van der Waals surface area contributed by atoms with Crippen LogP contribution in [0.1, 0.15) is 6.92 Å². The highest BCUT2D eigenvalue weighted by Gasteiger charge is 1.96. The van der Waals surface area contributed by atoms with Crippen LogP contribution in [0, 0.1) is 0 Å². The molecule has 2 heteroatoms. The van der Waals surface area contributed by atoms with Gasteiger partial charge < -0.3 is 11.1 Å². The molecule has 3 N–H and O–H groups in total. The fourth-order valence-electron chi connectivity index (χ4n) is 1.58. The van der Waals surface area contributed by atoms with Gasteiger partial charge in [0, 0.05) is 18.3 Å². The Hall–Kier alpha value is -1.54. The maximum absolute atomic E-state index is 5.69. The molecule has 0 amide bonds. The Bertz CT molecular complexity index is 449. The summed E-state index contributed by atoms with van der Waals surface area (Å²) in [6.45, 7) is 2.80. The molecule has 2 rings (SSSR count). The van der Waals surface area contributed by atoms with Gasteiger partial charge in [-0.2, -0.15) is 0 Å².